The zero-order chi connectivity index (χ0) is 13.0. The molecule has 0 heterocycles. The van der Waals surface area contributed by atoms with E-state index in [9.17, 15) is 15.0 Å². The Morgan fingerprint density at radius 3 is 2.28 bits per heavy atom. The number of carbonyl (C=O) groups excluding carboxylic acids is 1. The van der Waals surface area contributed by atoms with Gasteiger partial charge in [0.05, 0.1) is 0 Å². The highest BCUT2D eigenvalue weighted by atomic mass is 16.3. The summed E-state index contributed by atoms with van der Waals surface area (Å²) in [4.78, 5) is 11.8. The van der Waals surface area contributed by atoms with Gasteiger partial charge in [-0.25, -0.2) is 0 Å². The first kappa shape index (κ1) is 11.9. The van der Waals surface area contributed by atoms with Crippen molar-refractivity contribution in [2.24, 2.45) is 0 Å². The predicted molar refractivity (Wildman–Crippen MR) is 69.6 cm³/mol. The Labute approximate surface area is 105 Å². The average molecular weight is 240 g/mol. The van der Waals surface area contributed by atoms with Crippen molar-refractivity contribution in [2.45, 2.75) is 0 Å². The fourth-order valence-corrected chi connectivity index (χ4v) is 1.56. The summed E-state index contributed by atoms with van der Waals surface area (Å²) in [6, 6.07) is 12.8. The van der Waals surface area contributed by atoms with E-state index >= 15 is 0 Å². The van der Waals surface area contributed by atoms with E-state index in [4.69, 9.17) is 0 Å². The Bertz CT molecular complexity index is 600. The van der Waals surface area contributed by atoms with Gasteiger partial charge >= 0.3 is 0 Å². The monoisotopic (exact) mass is 240 g/mol. The summed E-state index contributed by atoms with van der Waals surface area (Å²) in [7, 11) is 0. The van der Waals surface area contributed by atoms with E-state index in [2.05, 4.69) is 0 Å². The quantitative estimate of drug-likeness (QED) is 0.640. The summed E-state index contributed by atoms with van der Waals surface area (Å²) < 4.78 is 0. The molecular formula is C15H12O3. The minimum absolute atomic E-state index is 0.0617. The maximum absolute atomic E-state index is 11.8. The minimum Gasteiger partial charge on any atom is -0.508 e. The van der Waals surface area contributed by atoms with Crippen LogP contribution in [0.25, 0.3) is 6.08 Å². The molecule has 90 valence electrons. The van der Waals surface area contributed by atoms with Crippen LogP contribution in [0, 0.1) is 0 Å². The van der Waals surface area contributed by atoms with Crippen molar-refractivity contribution < 1.29 is 15.0 Å². The van der Waals surface area contributed by atoms with Crippen LogP contribution in [0.3, 0.4) is 0 Å². The third-order valence-electron chi connectivity index (χ3n) is 2.43. The lowest BCUT2D eigenvalue weighted by Crippen LogP contribution is -1.93. The van der Waals surface area contributed by atoms with Gasteiger partial charge in [0.2, 0.25) is 0 Å². The molecule has 0 atom stereocenters. The van der Waals surface area contributed by atoms with Crippen molar-refractivity contribution in [2.75, 3.05) is 0 Å². The summed E-state index contributed by atoms with van der Waals surface area (Å²) >= 11 is 0. The zero-order valence-electron chi connectivity index (χ0n) is 9.58. The topological polar surface area (TPSA) is 57.5 Å². The maximum atomic E-state index is 11.8. The van der Waals surface area contributed by atoms with E-state index in [1.807, 2.05) is 0 Å². The lowest BCUT2D eigenvalue weighted by Gasteiger charge is -1.97. The molecule has 0 fully saturated rings. The number of carbonyl (C=O) groups is 1. The van der Waals surface area contributed by atoms with E-state index in [0.717, 1.165) is 5.56 Å². The van der Waals surface area contributed by atoms with Gasteiger partial charge in [-0.3, -0.25) is 4.79 Å². The van der Waals surface area contributed by atoms with E-state index in [1.54, 1.807) is 42.5 Å². The number of benzene rings is 2. The van der Waals surface area contributed by atoms with Gasteiger partial charge < -0.3 is 10.2 Å². The summed E-state index contributed by atoms with van der Waals surface area (Å²) in [6.45, 7) is 0. The Hall–Kier alpha value is -2.55. The summed E-state index contributed by atoms with van der Waals surface area (Å²) in [6.07, 6.45) is 3.02. The first-order chi connectivity index (χ1) is 8.65. The molecular weight excluding hydrogens is 228 g/mol. The van der Waals surface area contributed by atoms with E-state index in [0.29, 0.717) is 5.56 Å². The van der Waals surface area contributed by atoms with Crippen LogP contribution in [0.5, 0.6) is 11.5 Å². The highest BCUT2D eigenvalue weighted by Crippen LogP contribution is 2.14. The molecule has 0 saturated heterocycles. The molecule has 0 saturated carbocycles. The van der Waals surface area contributed by atoms with Crippen LogP contribution in [0.1, 0.15) is 15.9 Å². The number of hydrogen-bond acceptors (Lipinski definition) is 3. The van der Waals surface area contributed by atoms with Gasteiger partial charge in [-0.1, -0.05) is 30.3 Å². The molecule has 2 aromatic rings. The number of allylic oxidation sites excluding steroid dienone is 1. The summed E-state index contributed by atoms with van der Waals surface area (Å²) in [5.41, 5.74) is 1.16. The third-order valence-corrected chi connectivity index (χ3v) is 2.43. The molecule has 2 rings (SSSR count). The Balaban J connectivity index is 2.17. The molecule has 2 N–H and O–H groups in total. The smallest absolute Gasteiger partial charge is 0.185 e. The van der Waals surface area contributed by atoms with Crippen LogP contribution in [0.2, 0.25) is 0 Å². The molecule has 2 aromatic carbocycles. The van der Waals surface area contributed by atoms with E-state index in [-0.39, 0.29) is 17.3 Å². The van der Waals surface area contributed by atoms with Gasteiger partial charge in [-0.05, 0) is 35.9 Å². The molecule has 3 nitrogen and oxygen atoms in total. The SMILES string of the molecule is O=C(/C=C\c1cccc(O)c1)c1cccc(O)c1. The highest BCUT2D eigenvalue weighted by molar-refractivity contribution is 6.07. The Morgan fingerprint density at radius 1 is 0.944 bits per heavy atom. The molecule has 0 unspecified atom stereocenters. The van der Waals surface area contributed by atoms with Crippen LogP contribution in [0.4, 0.5) is 0 Å². The van der Waals surface area contributed by atoms with Crippen molar-refractivity contribution in [3.05, 3.63) is 65.7 Å². The predicted octanol–water partition coefficient (Wildman–Crippen LogP) is 2.99. The lowest BCUT2D eigenvalue weighted by atomic mass is 10.1. The van der Waals surface area contributed by atoms with Crippen molar-refractivity contribution in [1.29, 1.82) is 0 Å². The number of rotatable bonds is 3. The third kappa shape index (κ3) is 2.98. The van der Waals surface area contributed by atoms with Crippen molar-refractivity contribution in [1.82, 2.24) is 0 Å². The van der Waals surface area contributed by atoms with Gasteiger partial charge in [0.15, 0.2) is 5.78 Å². The normalized spacial score (nSPS) is 10.7. The van der Waals surface area contributed by atoms with Gasteiger partial charge in [0.25, 0.3) is 0 Å². The fourth-order valence-electron chi connectivity index (χ4n) is 1.56. The molecule has 0 spiro atoms. The Kier molecular flexibility index (Phi) is 3.44. The van der Waals surface area contributed by atoms with E-state index < -0.39 is 0 Å². The number of ketones is 1. The zero-order valence-corrected chi connectivity index (χ0v) is 9.58. The van der Waals surface area contributed by atoms with Crippen molar-refractivity contribution >= 4 is 11.9 Å². The second-order valence-electron chi connectivity index (χ2n) is 3.84. The Morgan fingerprint density at radius 2 is 1.61 bits per heavy atom. The molecule has 0 aromatic heterocycles. The van der Waals surface area contributed by atoms with Crippen molar-refractivity contribution in [3.63, 3.8) is 0 Å². The molecule has 0 radical (unpaired) electrons. The van der Waals surface area contributed by atoms with Crippen LogP contribution >= 0.6 is 0 Å². The fraction of sp³-hybridized carbons (Fsp3) is 0. The molecule has 18 heavy (non-hydrogen) atoms. The second-order valence-corrected chi connectivity index (χ2v) is 3.84. The van der Waals surface area contributed by atoms with Crippen LogP contribution in [-0.2, 0) is 0 Å². The van der Waals surface area contributed by atoms with Gasteiger partial charge in [-0.15, -0.1) is 0 Å². The van der Waals surface area contributed by atoms with Gasteiger partial charge in [-0.2, -0.15) is 0 Å². The standard InChI is InChI=1S/C15H12O3/c16-13-5-1-3-11(9-13)7-8-15(18)12-4-2-6-14(17)10-12/h1-10,16-17H/b8-7-. The van der Waals surface area contributed by atoms with Gasteiger partial charge in [0, 0.05) is 5.56 Å². The first-order valence-electron chi connectivity index (χ1n) is 5.45. The van der Waals surface area contributed by atoms with Gasteiger partial charge in [0.1, 0.15) is 11.5 Å². The lowest BCUT2D eigenvalue weighted by molar-refractivity contribution is 0.104. The highest BCUT2D eigenvalue weighted by Gasteiger charge is 2.02. The first-order valence-corrected chi connectivity index (χ1v) is 5.45. The maximum Gasteiger partial charge on any atom is 0.185 e. The largest absolute Gasteiger partial charge is 0.508 e. The van der Waals surface area contributed by atoms with Crippen LogP contribution < -0.4 is 0 Å². The van der Waals surface area contributed by atoms with Crippen LogP contribution in [0.15, 0.2) is 54.6 Å². The molecule has 3 heteroatoms. The molecule has 0 aliphatic rings. The van der Waals surface area contributed by atoms with Crippen LogP contribution in [-0.4, -0.2) is 16.0 Å². The number of hydrogen-bond donors (Lipinski definition) is 2. The number of phenolic OH excluding ortho intramolecular Hbond substituents is 2. The number of phenols is 2. The molecule has 0 aliphatic heterocycles. The van der Waals surface area contributed by atoms with Crippen molar-refractivity contribution in [3.8, 4) is 11.5 Å². The average Bonchev–Trinajstić information content (AvgIpc) is 2.36. The summed E-state index contributed by atoms with van der Waals surface area (Å²) in [5, 5.41) is 18.6. The van der Waals surface area contributed by atoms with E-state index in [1.165, 1.54) is 18.2 Å². The molecule has 0 amide bonds. The minimum atomic E-state index is -0.200. The summed E-state index contributed by atoms with van der Waals surface area (Å²) in [5.74, 6) is 0.0165. The second kappa shape index (κ2) is 5.19. The molecule has 0 aliphatic carbocycles. The molecule has 0 bridgehead atoms. The number of aromatic hydroxyl groups is 2.